The minimum Gasteiger partial charge on any atom is -0.351 e. The van der Waals surface area contributed by atoms with Gasteiger partial charge in [-0.15, -0.1) is 0 Å². The lowest BCUT2D eigenvalue weighted by molar-refractivity contribution is -0.124. The first-order valence-electron chi connectivity index (χ1n) is 6.33. The Balaban J connectivity index is 2.06. The number of nitrogens with zero attached hydrogens (tertiary/aromatic N) is 1. The molecule has 0 saturated carbocycles. The molecule has 5 heteroatoms. The van der Waals surface area contributed by atoms with E-state index < -0.39 is 0 Å². The van der Waals surface area contributed by atoms with Crippen LogP contribution in [0.15, 0.2) is 24.3 Å². The van der Waals surface area contributed by atoms with Crippen LogP contribution >= 0.6 is 0 Å². The summed E-state index contributed by atoms with van der Waals surface area (Å²) < 4.78 is 13.2. The molecule has 1 atom stereocenters. The summed E-state index contributed by atoms with van der Waals surface area (Å²) in [5, 5.41) is 2.83. The smallest absolute Gasteiger partial charge is 0.229 e. The van der Waals surface area contributed by atoms with Gasteiger partial charge in [0.2, 0.25) is 11.8 Å². The van der Waals surface area contributed by atoms with E-state index in [0.717, 1.165) is 0 Å². The fraction of sp³-hybridized carbons (Fsp3) is 0.429. The zero-order valence-corrected chi connectivity index (χ0v) is 11.0. The third-order valence-corrected chi connectivity index (χ3v) is 3.12. The minimum absolute atomic E-state index is 0.0705. The van der Waals surface area contributed by atoms with Gasteiger partial charge in [-0.25, -0.2) is 4.39 Å². The van der Waals surface area contributed by atoms with Crippen LogP contribution in [0.1, 0.15) is 20.3 Å². The highest BCUT2D eigenvalue weighted by Gasteiger charge is 2.31. The maximum Gasteiger partial charge on any atom is 0.229 e. The largest absolute Gasteiger partial charge is 0.351 e. The topological polar surface area (TPSA) is 49.4 Å². The predicted octanol–water partition coefficient (Wildman–Crippen LogP) is 1.70. The van der Waals surface area contributed by atoms with Crippen LogP contribution < -0.4 is 10.2 Å². The maximum absolute atomic E-state index is 13.2. The molecule has 2 rings (SSSR count). The Morgan fingerprint density at radius 3 is 2.84 bits per heavy atom. The Labute approximate surface area is 111 Å². The van der Waals surface area contributed by atoms with Crippen molar-refractivity contribution in [3.63, 3.8) is 0 Å². The second-order valence-corrected chi connectivity index (χ2v) is 5.05. The van der Waals surface area contributed by atoms with Gasteiger partial charge in [0.25, 0.3) is 0 Å². The predicted molar refractivity (Wildman–Crippen MR) is 70.1 cm³/mol. The molecule has 0 bridgehead atoms. The summed E-state index contributed by atoms with van der Waals surface area (Å²) in [5.41, 5.74) is 0.534. The van der Waals surface area contributed by atoms with E-state index in [0.29, 0.717) is 12.2 Å². The highest BCUT2D eigenvalue weighted by molar-refractivity contribution is 5.96. The standard InChI is InChI=1S/C14H17FN2O2/c1-9(2)14(19)16-11-7-13(18)17(8-11)12-5-3-4-10(15)6-12/h3-6,9,11H,7-8H2,1-2H3,(H,16,19)/t11-/m0/s1. The monoisotopic (exact) mass is 264 g/mol. The number of hydrogen-bond donors (Lipinski definition) is 1. The summed E-state index contributed by atoms with van der Waals surface area (Å²) in [5.74, 6) is -0.656. The molecule has 0 aliphatic carbocycles. The van der Waals surface area contributed by atoms with Crippen LogP contribution in [-0.2, 0) is 9.59 Å². The summed E-state index contributed by atoms with van der Waals surface area (Å²) in [7, 11) is 0. The number of carbonyl (C=O) groups is 2. The number of benzene rings is 1. The van der Waals surface area contributed by atoms with Crippen molar-refractivity contribution >= 4 is 17.5 Å². The van der Waals surface area contributed by atoms with Gasteiger partial charge in [0.1, 0.15) is 5.82 Å². The third-order valence-electron chi connectivity index (χ3n) is 3.12. The van der Waals surface area contributed by atoms with Crippen molar-refractivity contribution in [3.05, 3.63) is 30.1 Å². The SMILES string of the molecule is CC(C)C(=O)N[C@H]1CC(=O)N(c2cccc(F)c2)C1. The van der Waals surface area contributed by atoms with Crippen LogP contribution in [0.3, 0.4) is 0 Å². The zero-order valence-electron chi connectivity index (χ0n) is 11.0. The molecule has 1 N–H and O–H groups in total. The van der Waals surface area contributed by atoms with Crippen molar-refractivity contribution in [1.82, 2.24) is 5.32 Å². The molecule has 1 aromatic rings. The van der Waals surface area contributed by atoms with Crippen molar-refractivity contribution < 1.29 is 14.0 Å². The molecule has 1 aliphatic rings. The normalized spacial score (nSPS) is 19.1. The molecule has 19 heavy (non-hydrogen) atoms. The van der Waals surface area contributed by atoms with E-state index in [2.05, 4.69) is 5.32 Å². The van der Waals surface area contributed by atoms with Crippen LogP contribution in [0.5, 0.6) is 0 Å². The number of nitrogens with one attached hydrogen (secondary N) is 1. The van der Waals surface area contributed by atoms with E-state index in [4.69, 9.17) is 0 Å². The minimum atomic E-state index is -0.375. The van der Waals surface area contributed by atoms with Crippen molar-refractivity contribution in [2.45, 2.75) is 26.3 Å². The van der Waals surface area contributed by atoms with Gasteiger partial charge < -0.3 is 10.2 Å². The Bertz CT molecular complexity index is 502. The van der Waals surface area contributed by atoms with Crippen molar-refractivity contribution in [2.75, 3.05) is 11.4 Å². The molecule has 1 fully saturated rings. The molecule has 0 unspecified atom stereocenters. The lowest BCUT2D eigenvalue weighted by Gasteiger charge is -2.17. The molecule has 2 amide bonds. The summed E-state index contributed by atoms with van der Waals surface area (Å²) in [6, 6.07) is 5.71. The molecule has 1 aliphatic heterocycles. The van der Waals surface area contributed by atoms with Crippen LogP contribution in [0.2, 0.25) is 0 Å². The Hall–Kier alpha value is -1.91. The lowest BCUT2D eigenvalue weighted by Crippen LogP contribution is -2.39. The van der Waals surface area contributed by atoms with Crippen LogP contribution in [0, 0.1) is 11.7 Å². The molecular weight excluding hydrogens is 247 g/mol. The molecular formula is C14H17FN2O2. The van der Waals surface area contributed by atoms with E-state index >= 15 is 0 Å². The Kier molecular flexibility index (Phi) is 3.83. The van der Waals surface area contributed by atoms with Gasteiger partial charge >= 0.3 is 0 Å². The number of amides is 2. The Morgan fingerprint density at radius 1 is 1.47 bits per heavy atom. The first kappa shape index (κ1) is 13.5. The number of anilines is 1. The highest BCUT2D eigenvalue weighted by atomic mass is 19.1. The summed E-state index contributed by atoms with van der Waals surface area (Å²) >= 11 is 0. The lowest BCUT2D eigenvalue weighted by atomic mass is 10.2. The summed E-state index contributed by atoms with van der Waals surface area (Å²) in [6.07, 6.45) is 0.259. The van der Waals surface area contributed by atoms with E-state index in [-0.39, 0.29) is 36.0 Å². The molecule has 0 spiro atoms. The number of carbonyl (C=O) groups excluding carboxylic acids is 2. The molecule has 0 radical (unpaired) electrons. The molecule has 1 heterocycles. The van der Waals surface area contributed by atoms with E-state index in [1.807, 2.05) is 0 Å². The molecule has 1 aromatic carbocycles. The second kappa shape index (κ2) is 5.38. The van der Waals surface area contributed by atoms with Gasteiger partial charge in [-0.1, -0.05) is 19.9 Å². The fourth-order valence-corrected chi connectivity index (χ4v) is 2.07. The maximum atomic E-state index is 13.2. The van der Waals surface area contributed by atoms with Crippen molar-refractivity contribution in [1.29, 1.82) is 0 Å². The van der Waals surface area contributed by atoms with Crippen LogP contribution in [0.25, 0.3) is 0 Å². The van der Waals surface area contributed by atoms with Crippen LogP contribution in [0.4, 0.5) is 10.1 Å². The molecule has 4 nitrogen and oxygen atoms in total. The average molecular weight is 264 g/mol. The van der Waals surface area contributed by atoms with Gasteiger partial charge in [-0.05, 0) is 18.2 Å². The number of hydrogen-bond acceptors (Lipinski definition) is 2. The number of rotatable bonds is 3. The second-order valence-electron chi connectivity index (χ2n) is 5.05. The fourth-order valence-electron chi connectivity index (χ4n) is 2.07. The van der Waals surface area contributed by atoms with Gasteiger partial charge in [-0.3, -0.25) is 9.59 Å². The average Bonchev–Trinajstić information content (AvgIpc) is 2.70. The quantitative estimate of drug-likeness (QED) is 0.903. The third kappa shape index (κ3) is 3.10. The number of halogens is 1. The molecule has 0 aromatic heterocycles. The molecule has 1 saturated heterocycles. The van der Waals surface area contributed by atoms with Gasteiger partial charge in [0.05, 0.1) is 6.04 Å². The van der Waals surface area contributed by atoms with Crippen molar-refractivity contribution in [2.24, 2.45) is 5.92 Å². The zero-order chi connectivity index (χ0) is 14.0. The molecule has 102 valence electrons. The summed E-state index contributed by atoms with van der Waals surface area (Å²) in [4.78, 5) is 25.0. The first-order valence-corrected chi connectivity index (χ1v) is 6.33. The first-order chi connectivity index (χ1) is 8.97. The van der Waals surface area contributed by atoms with Gasteiger partial charge in [0.15, 0.2) is 0 Å². The summed E-state index contributed by atoms with van der Waals surface area (Å²) in [6.45, 7) is 3.99. The van der Waals surface area contributed by atoms with E-state index in [9.17, 15) is 14.0 Å². The van der Waals surface area contributed by atoms with Gasteiger partial charge in [-0.2, -0.15) is 0 Å². The van der Waals surface area contributed by atoms with Crippen LogP contribution in [-0.4, -0.2) is 24.4 Å². The highest BCUT2D eigenvalue weighted by Crippen LogP contribution is 2.22. The van der Waals surface area contributed by atoms with E-state index in [1.165, 1.54) is 17.0 Å². The van der Waals surface area contributed by atoms with Crippen molar-refractivity contribution in [3.8, 4) is 0 Å². The van der Waals surface area contributed by atoms with Gasteiger partial charge in [0, 0.05) is 24.6 Å². The Morgan fingerprint density at radius 2 is 2.21 bits per heavy atom. The van der Waals surface area contributed by atoms with E-state index in [1.54, 1.807) is 26.0 Å².